The van der Waals surface area contributed by atoms with Crippen LogP contribution in [-0.2, 0) is 0 Å². The molecular weight excluding hydrogens is 289 g/mol. The second kappa shape index (κ2) is 5.86. The molecule has 0 spiro atoms. The summed E-state index contributed by atoms with van der Waals surface area (Å²) in [5, 5.41) is 23.1. The minimum absolute atomic E-state index is 0.177. The van der Waals surface area contributed by atoms with Crippen molar-refractivity contribution in [2.75, 3.05) is 13.2 Å². The van der Waals surface area contributed by atoms with Gasteiger partial charge in [-0.15, -0.1) is 0 Å². The predicted octanol–water partition coefficient (Wildman–Crippen LogP) is 0.579. The molecular formula is C15H16FN3O3. The number of aliphatic hydroxyl groups excluding tert-OH is 2. The van der Waals surface area contributed by atoms with Gasteiger partial charge >= 0.3 is 0 Å². The molecule has 22 heavy (non-hydrogen) atoms. The van der Waals surface area contributed by atoms with Crippen molar-refractivity contribution in [1.29, 1.82) is 0 Å². The monoisotopic (exact) mass is 305 g/mol. The minimum atomic E-state index is -0.633. The Hall–Kier alpha value is -2.25. The third-order valence-corrected chi connectivity index (χ3v) is 3.74. The number of aromatic nitrogens is 2. The van der Waals surface area contributed by atoms with E-state index in [9.17, 15) is 19.4 Å². The van der Waals surface area contributed by atoms with Crippen LogP contribution in [0.2, 0.25) is 0 Å². The Morgan fingerprint density at radius 1 is 1.41 bits per heavy atom. The summed E-state index contributed by atoms with van der Waals surface area (Å²) >= 11 is 0. The van der Waals surface area contributed by atoms with E-state index in [1.165, 1.54) is 27.8 Å². The molecule has 2 heterocycles. The Balaban J connectivity index is 1.83. The molecule has 1 saturated heterocycles. The summed E-state index contributed by atoms with van der Waals surface area (Å²) < 4.78 is 14.6. The van der Waals surface area contributed by atoms with Gasteiger partial charge in [-0.05, 0) is 30.7 Å². The molecule has 1 aliphatic rings. The number of hydrogen-bond donors (Lipinski definition) is 2. The van der Waals surface area contributed by atoms with Gasteiger partial charge in [-0.2, -0.15) is 5.10 Å². The Kier molecular flexibility index (Phi) is 3.91. The van der Waals surface area contributed by atoms with Crippen LogP contribution in [0, 0.1) is 5.82 Å². The fraction of sp³-hybridized carbons (Fsp3) is 0.333. The quantitative estimate of drug-likeness (QED) is 0.869. The molecule has 0 unspecified atom stereocenters. The lowest BCUT2D eigenvalue weighted by Gasteiger charge is -2.21. The first-order chi connectivity index (χ1) is 10.6. The Labute approximate surface area is 126 Å². The number of β-amino-alcohol motifs (C(OH)–C–C–N with tert-alkyl or cyclic N) is 1. The molecule has 0 aliphatic carbocycles. The SMILES string of the molecule is O=C(c1ccn(-c2cccc(F)c2)n1)N1C[C@H](O)C[C@@H]1CO. The number of carbonyl (C=O) groups excluding carboxylic acids is 1. The lowest BCUT2D eigenvalue weighted by Crippen LogP contribution is -2.38. The molecule has 1 amide bonds. The second-order valence-corrected chi connectivity index (χ2v) is 5.31. The molecule has 2 aromatic rings. The van der Waals surface area contributed by atoms with Crippen LogP contribution in [0.5, 0.6) is 0 Å². The average molecular weight is 305 g/mol. The Bertz CT molecular complexity index is 688. The predicted molar refractivity (Wildman–Crippen MR) is 76.1 cm³/mol. The van der Waals surface area contributed by atoms with E-state index in [-0.39, 0.29) is 30.6 Å². The van der Waals surface area contributed by atoms with E-state index in [0.29, 0.717) is 12.1 Å². The van der Waals surface area contributed by atoms with Crippen molar-refractivity contribution in [1.82, 2.24) is 14.7 Å². The molecule has 2 atom stereocenters. The zero-order chi connectivity index (χ0) is 15.7. The first kappa shape index (κ1) is 14.7. The molecule has 1 aromatic carbocycles. The normalized spacial score (nSPS) is 21.3. The van der Waals surface area contributed by atoms with E-state index in [1.54, 1.807) is 18.3 Å². The highest BCUT2D eigenvalue weighted by atomic mass is 19.1. The smallest absolute Gasteiger partial charge is 0.274 e. The minimum Gasteiger partial charge on any atom is -0.394 e. The van der Waals surface area contributed by atoms with Crippen molar-refractivity contribution in [2.45, 2.75) is 18.6 Å². The van der Waals surface area contributed by atoms with E-state index in [4.69, 9.17) is 0 Å². The maximum atomic E-state index is 13.2. The zero-order valence-electron chi connectivity index (χ0n) is 11.8. The van der Waals surface area contributed by atoms with E-state index < -0.39 is 12.1 Å². The molecule has 0 radical (unpaired) electrons. The number of nitrogens with zero attached hydrogens (tertiary/aromatic N) is 3. The Morgan fingerprint density at radius 3 is 2.95 bits per heavy atom. The number of benzene rings is 1. The van der Waals surface area contributed by atoms with Crippen molar-refractivity contribution in [3.8, 4) is 5.69 Å². The van der Waals surface area contributed by atoms with Gasteiger partial charge in [0.25, 0.3) is 5.91 Å². The van der Waals surface area contributed by atoms with E-state index in [1.807, 2.05) is 0 Å². The molecule has 2 N–H and O–H groups in total. The number of aliphatic hydroxyl groups is 2. The van der Waals surface area contributed by atoms with Gasteiger partial charge < -0.3 is 15.1 Å². The fourth-order valence-electron chi connectivity index (χ4n) is 2.66. The number of halogens is 1. The number of rotatable bonds is 3. The molecule has 7 heteroatoms. The van der Waals surface area contributed by atoms with Gasteiger partial charge in [-0.25, -0.2) is 9.07 Å². The van der Waals surface area contributed by atoms with E-state index in [2.05, 4.69) is 5.10 Å². The second-order valence-electron chi connectivity index (χ2n) is 5.31. The lowest BCUT2D eigenvalue weighted by molar-refractivity contribution is 0.0658. The molecule has 3 rings (SSSR count). The van der Waals surface area contributed by atoms with Crippen LogP contribution >= 0.6 is 0 Å². The van der Waals surface area contributed by atoms with E-state index in [0.717, 1.165) is 0 Å². The van der Waals surface area contributed by atoms with Crippen LogP contribution in [-0.4, -0.2) is 56.1 Å². The average Bonchev–Trinajstić information content (AvgIpc) is 3.13. The topological polar surface area (TPSA) is 78.6 Å². The Morgan fingerprint density at radius 2 is 2.23 bits per heavy atom. The van der Waals surface area contributed by atoms with Crippen LogP contribution < -0.4 is 0 Å². The van der Waals surface area contributed by atoms with Gasteiger partial charge in [0.15, 0.2) is 5.69 Å². The maximum Gasteiger partial charge on any atom is 0.274 e. The van der Waals surface area contributed by atoms with E-state index >= 15 is 0 Å². The number of amides is 1. The van der Waals surface area contributed by atoms with Gasteiger partial charge in [0.2, 0.25) is 0 Å². The van der Waals surface area contributed by atoms with Crippen molar-refractivity contribution >= 4 is 5.91 Å². The number of hydrogen-bond acceptors (Lipinski definition) is 4. The highest BCUT2D eigenvalue weighted by Crippen LogP contribution is 2.20. The summed E-state index contributed by atoms with van der Waals surface area (Å²) in [5.74, 6) is -0.741. The van der Waals surface area contributed by atoms with Gasteiger partial charge in [0.1, 0.15) is 5.82 Å². The molecule has 116 valence electrons. The molecule has 0 bridgehead atoms. The lowest BCUT2D eigenvalue weighted by atomic mass is 10.2. The van der Waals surface area contributed by atoms with Crippen molar-refractivity contribution in [2.24, 2.45) is 0 Å². The third kappa shape index (κ3) is 2.72. The zero-order valence-corrected chi connectivity index (χ0v) is 11.8. The maximum absolute atomic E-state index is 13.2. The number of carbonyl (C=O) groups is 1. The first-order valence-corrected chi connectivity index (χ1v) is 7.00. The van der Waals surface area contributed by atoms with Crippen LogP contribution in [0.15, 0.2) is 36.5 Å². The van der Waals surface area contributed by atoms with Crippen LogP contribution in [0.4, 0.5) is 4.39 Å². The van der Waals surface area contributed by atoms with Crippen molar-refractivity contribution in [3.63, 3.8) is 0 Å². The van der Waals surface area contributed by atoms with Crippen molar-refractivity contribution in [3.05, 3.63) is 48.0 Å². The van der Waals surface area contributed by atoms with Gasteiger partial charge in [0.05, 0.1) is 24.4 Å². The first-order valence-electron chi connectivity index (χ1n) is 7.00. The van der Waals surface area contributed by atoms with Crippen LogP contribution in [0.25, 0.3) is 5.69 Å². The molecule has 1 fully saturated rings. The van der Waals surface area contributed by atoms with Crippen LogP contribution in [0.3, 0.4) is 0 Å². The summed E-state index contributed by atoms with van der Waals surface area (Å²) in [6.45, 7) is -0.0235. The summed E-state index contributed by atoms with van der Waals surface area (Å²) in [4.78, 5) is 13.8. The van der Waals surface area contributed by atoms with Crippen molar-refractivity contribution < 1.29 is 19.4 Å². The molecule has 0 saturated carbocycles. The fourth-order valence-corrected chi connectivity index (χ4v) is 2.66. The standard InChI is InChI=1S/C15H16FN3O3/c16-10-2-1-3-11(6-10)19-5-4-14(17-19)15(22)18-8-13(21)7-12(18)9-20/h1-6,12-13,20-21H,7-9H2/t12-,13-/m1/s1. The van der Waals surface area contributed by atoms with Crippen LogP contribution in [0.1, 0.15) is 16.9 Å². The van der Waals surface area contributed by atoms with Gasteiger partial charge in [-0.3, -0.25) is 4.79 Å². The van der Waals surface area contributed by atoms with Gasteiger partial charge in [0, 0.05) is 12.7 Å². The summed E-state index contributed by atoms with van der Waals surface area (Å²) in [6, 6.07) is 7.02. The third-order valence-electron chi connectivity index (χ3n) is 3.74. The summed E-state index contributed by atoms with van der Waals surface area (Å²) in [6.07, 6.45) is 1.29. The highest BCUT2D eigenvalue weighted by molar-refractivity contribution is 5.92. The van der Waals surface area contributed by atoms with Gasteiger partial charge in [-0.1, -0.05) is 6.07 Å². The molecule has 1 aromatic heterocycles. The highest BCUT2D eigenvalue weighted by Gasteiger charge is 2.35. The number of likely N-dealkylation sites (tertiary alicyclic amines) is 1. The largest absolute Gasteiger partial charge is 0.394 e. The summed E-state index contributed by atoms with van der Waals surface area (Å²) in [5.41, 5.74) is 0.705. The summed E-state index contributed by atoms with van der Waals surface area (Å²) in [7, 11) is 0. The molecule has 6 nitrogen and oxygen atoms in total. The molecule has 1 aliphatic heterocycles.